The minimum absolute atomic E-state index is 0.135. The second-order valence-corrected chi connectivity index (χ2v) is 15.2. The summed E-state index contributed by atoms with van der Waals surface area (Å²) in [7, 11) is -3.19. The number of aryl methyl sites for hydroxylation is 1. The van der Waals surface area contributed by atoms with Crippen LogP contribution in [0.15, 0.2) is 41.8 Å². The number of benzene rings is 1. The van der Waals surface area contributed by atoms with Crippen LogP contribution in [-0.2, 0) is 24.7 Å². The summed E-state index contributed by atoms with van der Waals surface area (Å²) < 4.78 is 31.6. The molecule has 2 heterocycles. The van der Waals surface area contributed by atoms with Crippen molar-refractivity contribution in [2.24, 2.45) is 0 Å². The number of epoxide rings is 1. The molecule has 4 nitrogen and oxygen atoms in total. The summed E-state index contributed by atoms with van der Waals surface area (Å²) in [6.07, 6.45) is 0.903. The zero-order valence-corrected chi connectivity index (χ0v) is 18.4. The van der Waals surface area contributed by atoms with Crippen LogP contribution in [0.3, 0.4) is 0 Å². The SMILES string of the molecule is C=C[C@@H]1O[C@H](CO[Si](C)(C)C(C)(C)C)[C@H]2O[C@@]12[S@@](=O)c1ccc(C)cc1. The molecule has 2 saturated heterocycles. The van der Waals surface area contributed by atoms with E-state index in [2.05, 4.69) is 40.4 Å². The fraction of sp³-hybridized carbons (Fsp3) is 0.600. The summed E-state index contributed by atoms with van der Waals surface area (Å²) in [5.74, 6) is 0. The second-order valence-electron chi connectivity index (χ2n) is 8.74. The van der Waals surface area contributed by atoms with Gasteiger partial charge in [-0.3, -0.25) is 4.21 Å². The van der Waals surface area contributed by atoms with Gasteiger partial charge in [0.25, 0.3) is 0 Å². The minimum atomic E-state index is -1.87. The van der Waals surface area contributed by atoms with Crippen LogP contribution in [-0.4, -0.2) is 42.4 Å². The fourth-order valence-electron chi connectivity index (χ4n) is 3.04. The fourth-order valence-corrected chi connectivity index (χ4v) is 5.72. The Morgan fingerprint density at radius 3 is 2.46 bits per heavy atom. The Kier molecular flexibility index (Phi) is 5.12. The largest absolute Gasteiger partial charge is 0.414 e. The Bertz CT molecular complexity index is 710. The zero-order chi connectivity index (χ0) is 19.3. The first kappa shape index (κ1) is 20.0. The highest BCUT2D eigenvalue weighted by atomic mass is 32.2. The molecular weight excluding hydrogens is 364 g/mol. The Hall–Kier alpha value is -0.793. The van der Waals surface area contributed by atoms with Crippen LogP contribution in [0.2, 0.25) is 18.1 Å². The smallest absolute Gasteiger partial charge is 0.205 e. The minimum Gasteiger partial charge on any atom is -0.414 e. The van der Waals surface area contributed by atoms with E-state index >= 15 is 0 Å². The third-order valence-electron chi connectivity index (χ3n) is 5.86. The highest BCUT2D eigenvalue weighted by Crippen LogP contribution is 2.54. The predicted octanol–water partition coefficient (Wildman–Crippen LogP) is 4.17. The van der Waals surface area contributed by atoms with Gasteiger partial charge in [-0.05, 0) is 37.2 Å². The lowest BCUT2D eigenvalue weighted by molar-refractivity contribution is -0.0349. The van der Waals surface area contributed by atoms with Crippen LogP contribution in [0.5, 0.6) is 0 Å². The number of rotatable bonds is 6. The van der Waals surface area contributed by atoms with Gasteiger partial charge in [0, 0.05) is 4.90 Å². The topological polar surface area (TPSA) is 48.1 Å². The highest BCUT2D eigenvalue weighted by molar-refractivity contribution is 7.86. The summed E-state index contributed by atoms with van der Waals surface area (Å²) >= 11 is 0. The van der Waals surface area contributed by atoms with Gasteiger partial charge in [0.1, 0.15) is 18.3 Å². The molecule has 1 aromatic carbocycles. The van der Waals surface area contributed by atoms with E-state index in [4.69, 9.17) is 13.9 Å². The van der Waals surface area contributed by atoms with Crippen molar-refractivity contribution in [1.29, 1.82) is 0 Å². The summed E-state index contributed by atoms with van der Waals surface area (Å²) in [5, 5.41) is 0.135. The molecule has 2 aliphatic heterocycles. The molecule has 0 N–H and O–H groups in total. The second kappa shape index (κ2) is 6.67. The molecule has 2 fully saturated rings. The molecule has 6 heteroatoms. The molecule has 144 valence electrons. The molecule has 0 bridgehead atoms. The monoisotopic (exact) mass is 394 g/mol. The van der Waals surface area contributed by atoms with Crippen molar-refractivity contribution in [2.45, 2.75) is 74.0 Å². The summed E-state index contributed by atoms with van der Waals surface area (Å²) in [4.78, 5) is -0.0575. The molecule has 0 aliphatic carbocycles. The molecule has 26 heavy (non-hydrogen) atoms. The lowest BCUT2D eigenvalue weighted by Crippen LogP contribution is -2.43. The van der Waals surface area contributed by atoms with Crippen molar-refractivity contribution in [3.63, 3.8) is 0 Å². The first-order valence-electron chi connectivity index (χ1n) is 9.11. The van der Waals surface area contributed by atoms with E-state index in [1.54, 1.807) is 6.08 Å². The van der Waals surface area contributed by atoms with E-state index in [1.807, 2.05) is 31.2 Å². The standard InChI is InChI=1S/C20H30O4SSi/c1-8-17-20(25(21)15-11-9-14(2)10-12-15)18(24-20)16(23-17)13-22-26(6,7)19(3,4)5/h8-12,16-18H,1,13H2,2-7H3/t16-,17+,18-,20-,25+/m1/s1. The predicted molar refractivity (Wildman–Crippen MR) is 107 cm³/mol. The van der Waals surface area contributed by atoms with Gasteiger partial charge < -0.3 is 13.9 Å². The average Bonchev–Trinajstić information content (AvgIpc) is 3.23. The lowest BCUT2D eigenvalue weighted by atomic mass is 10.2. The van der Waals surface area contributed by atoms with Crippen LogP contribution in [0.25, 0.3) is 0 Å². The Morgan fingerprint density at radius 2 is 1.92 bits per heavy atom. The number of hydrogen-bond donors (Lipinski definition) is 0. The van der Waals surface area contributed by atoms with E-state index in [0.717, 1.165) is 10.5 Å². The normalized spacial score (nSPS) is 32.2. The Labute approximate surface area is 160 Å². The molecule has 0 amide bonds. The molecule has 0 unspecified atom stereocenters. The summed E-state index contributed by atoms with van der Waals surface area (Å²) in [5.41, 5.74) is 1.14. The van der Waals surface area contributed by atoms with Gasteiger partial charge in [0.05, 0.1) is 17.4 Å². The first-order chi connectivity index (χ1) is 12.0. The van der Waals surface area contributed by atoms with Gasteiger partial charge in [0.15, 0.2) is 8.32 Å². The van der Waals surface area contributed by atoms with Crippen LogP contribution >= 0.6 is 0 Å². The molecule has 2 aliphatic rings. The van der Waals surface area contributed by atoms with Gasteiger partial charge in [-0.25, -0.2) is 0 Å². The molecular formula is C20H30O4SSi. The maximum absolute atomic E-state index is 13.2. The van der Waals surface area contributed by atoms with Crippen molar-refractivity contribution in [3.8, 4) is 0 Å². The van der Waals surface area contributed by atoms with Crippen LogP contribution in [0.1, 0.15) is 26.3 Å². The maximum Gasteiger partial charge on any atom is 0.205 e. The Balaban J connectivity index is 1.74. The van der Waals surface area contributed by atoms with Crippen molar-refractivity contribution in [3.05, 3.63) is 42.5 Å². The van der Waals surface area contributed by atoms with E-state index < -0.39 is 24.1 Å². The van der Waals surface area contributed by atoms with Crippen molar-refractivity contribution in [2.75, 3.05) is 6.61 Å². The van der Waals surface area contributed by atoms with Gasteiger partial charge in [-0.2, -0.15) is 0 Å². The van der Waals surface area contributed by atoms with Gasteiger partial charge in [0.2, 0.25) is 4.93 Å². The average molecular weight is 395 g/mol. The molecule has 0 aromatic heterocycles. The molecule has 1 aromatic rings. The summed E-state index contributed by atoms with van der Waals surface area (Å²) in [6.45, 7) is 17.4. The maximum atomic E-state index is 13.2. The van der Waals surface area contributed by atoms with E-state index in [9.17, 15) is 4.21 Å². The number of fused-ring (bicyclic) bond motifs is 1. The van der Waals surface area contributed by atoms with Gasteiger partial charge in [-0.1, -0.05) is 44.5 Å². The van der Waals surface area contributed by atoms with Gasteiger partial charge >= 0.3 is 0 Å². The lowest BCUT2D eigenvalue weighted by Gasteiger charge is -2.36. The first-order valence-corrected chi connectivity index (χ1v) is 13.2. The molecule has 3 rings (SSSR count). The molecule has 5 atom stereocenters. The van der Waals surface area contributed by atoms with Gasteiger partial charge in [-0.15, -0.1) is 6.58 Å². The van der Waals surface area contributed by atoms with Crippen molar-refractivity contribution >= 4 is 19.1 Å². The third kappa shape index (κ3) is 3.26. The van der Waals surface area contributed by atoms with Crippen LogP contribution in [0, 0.1) is 6.92 Å². The number of hydrogen-bond acceptors (Lipinski definition) is 4. The quantitative estimate of drug-likeness (QED) is 0.413. The third-order valence-corrected chi connectivity index (χ3v) is 12.2. The molecule has 0 radical (unpaired) electrons. The van der Waals surface area contributed by atoms with E-state index in [-0.39, 0.29) is 23.4 Å². The van der Waals surface area contributed by atoms with Crippen molar-refractivity contribution < 1.29 is 18.1 Å². The Morgan fingerprint density at radius 1 is 1.31 bits per heavy atom. The zero-order valence-electron chi connectivity index (χ0n) is 16.6. The van der Waals surface area contributed by atoms with E-state index in [1.165, 1.54) is 0 Å². The van der Waals surface area contributed by atoms with Crippen molar-refractivity contribution in [1.82, 2.24) is 0 Å². The van der Waals surface area contributed by atoms with E-state index in [0.29, 0.717) is 6.61 Å². The number of ether oxygens (including phenoxy) is 2. The molecule has 0 saturated carbocycles. The molecule has 0 spiro atoms. The van der Waals surface area contributed by atoms with Crippen LogP contribution < -0.4 is 0 Å². The van der Waals surface area contributed by atoms with Crippen LogP contribution in [0.4, 0.5) is 0 Å². The highest BCUT2D eigenvalue weighted by Gasteiger charge is 2.74. The summed E-state index contributed by atoms with van der Waals surface area (Å²) in [6, 6.07) is 7.74.